The van der Waals surface area contributed by atoms with Gasteiger partial charge in [0.15, 0.2) is 0 Å². The second-order valence-electron chi connectivity index (χ2n) is 2.34. The van der Waals surface area contributed by atoms with Crippen molar-refractivity contribution in [3.8, 4) is 0 Å². The lowest BCUT2D eigenvalue weighted by molar-refractivity contribution is -0.117. The Hall–Kier alpha value is -1.06. The Balaban J connectivity index is 2.31. The molecule has 0 saturated heterocycles. The van der Waals surface area contributed by atoms with Crippen LogP contribution in [0.4, 0.5) is 4.79 Å². The molecule has 4 heteroatoms. The first-order chi connectivity index (χ1) is 4.68. The maximum atomic E-state index is 10.6. The van der Waals surface area contributed by atoms with E-state index in [2.05, 4.69) is 4.74 Å². The van der Waals surface area contributed by atoms with E-state index in [-0.39, 0.29) is 11.9 Å². The lowest BCUT2D eigenvalue weighted by atomic mass is 10.3. The molecule has 1 aliphatic rings. The van der Waals surface area contributed by atoms with Crippen LogP contribution in [0.25, 0.3) is 0 Å². The van der Waals surface area contributed by atoms with E-state index in [9.17, 15) is 9.59 Å². The first kappa shape index (κ1) is 7.05. The Morgan fingerprint density at radius 2 is 2.40 bits per heavy atom. The van der Waals surface area contributed by atoms with Crippen molar-refractivity contribution in [2.24, 2.45) is 5.73 Å². The van der Waals surface area contributed by atoms with Crippen molar-refractivity contribution in [3.05, 3.63) is 0 Å². The summed E-state index contributed by atoms with van der Waals surface area (Å²) in [4.78, 5) is 20.8. The number of hydrogen-bond acceptors (Lipinski definition) is 3. The van der Waals surface area contributed by atoms with Crippen LogP contribution in [0.15, 0.2) is 0 Å². The zero-order valence-corrected chi connectivity index (χ0v) is 5.50. The van der Waals surface area contributed by atoms with Gasteiger partial charge in [-0.3, -0.25) is 4.79 Å². The van der Waals surface area contributed by atoms with Gasteiger partial charge in [0.1, 0.15) is 11.9 Å². The predicted octanol–water partition coefficient (Wildman–Crippen LogP) is 0.203. The van der Waals surface area contributed by atoms with Gasteiger partial charge in [-0.2, -0.15) is 0 Å². The van der Waals surface area contributed by atoms with Crippen LogP contribution >= 0.6 is 0 Å². The molecule has 1 saturated carbocycles. The first-order valence-corrected chi connectivity index (χ1v) is 3.16. The molecule has 0 bridgehead atoms. The van der Waals surface area contributed by atoms with Gasteiger partial charge in [-0.05, 0) is 6.42 Å². The molecule has 0 aromatic heterocycles. The van der Waals surface area contributed by atoms with Crippen LogP contribution in [0.1, 0.15) is 19.3 Å². The van der Waals surface area contributed by atoms with Crippen LogP contribution in [0.2, 0.25) is 0 Å². The lowest BCUT2D eigenvalue weighted by Crippen LogP contribution is -2.20. The summed E-state index contributed by atoms with van der Waals surface area (Å²) in [7, 11) is 0. The molecule has 0 unspecified atom stereocenters. The normalized spacial score (nSPS) is 24.8. The molecular weight excluding hydrogens is 134 g/mol. The van der Waals surface area contributed by atoms with Gasteiger partial charge >= 0.3 is 6.09 Å². The number of ether oxygens (including phenoxy) is 1. The Labute approximate surface area is 58.3 Å². The second-order valence-corrected chi connectivity index (χ2v) is 2.34. The molecule has 0 aromatic rings. The fourth-order valence-electron chi connectivity index (χ4n) is 1.04. The molecule has 1 amide bonds. The third kappa shape index (κ3) is 1.72. The summed E-state index contributed by atoms with van der Waals surface area (Å²) >= 11 is 0. The Morgan fingerprint density at radius 1 is 1.70 bits per heavy atom. The van der Waals surface area contributed by atoms with Crippen LogP contribution in [0.5, 0.6) is 0 Å². The number of rotatable bonds is 1. The van der Waals surface area contributed by atoms with Gasteiger partial charge in [0, 0.05) is 12.8 Å². The van der Waals surface area contributed by atoms with Crippen molar-refractivity contribution < 1.29 is 14.3 Å². The first-order valence-electron chi connectivity index (χ1n) is 3.16. The number of ketones is 1. The maximum absolute atomic E-state index is 10.6. The second kappa shape index (κ2) is 2.68. The predicted molar refractivity (Wildman–Crippen MR) is 33.3 cm³/mol. The summed E-state index contributed by atoms with van der Waals surface area (Å²) in [6.45, 7) is 0. The number of Topliss-reactive ketones (excluding diaryl/α,β-unsaturated/α-hetero) is 1. The molecule has 0 heterocycles. The zero-order valence-electron chi connectivity index (χ0n) is 5.50. The minimum atomic E-state index is -0.792. The molecule has 1 aliphatic carbocycles. The molecule has 4 nitrogen and oxygen atoms in total. The van der Waals surface area contributed by atoms with Gasteiger partial charge in [-0.15, -0.1) is 0 Å². The molecule has 1 atom stereocenters. The quantitative estimate of drug-likeness (QED) is 0.570. The standard InChI is InChI=1S/C6H9NO3/c7-6(9)10-5-2-1-4(8)3-5/h5H,1-3H2,(H2,7,9)/t5-/m0/s1. The molecular formula is C6H9NO3. The van der Waals surface area contributed by atoms with Crippen LogP contribution in [0, 0.1) is 0 Å². The minimum absolute atomic E-state index is 0.145. The molecule has 0 radical (unpaired) electrons. The molecule has 0 aromatic carbocycles. The van der Waals surface area contributed by atoms with E-state index in [0.717, 1.165) is 0 Å². The van der Waals surface area contributed by atoms with Crippen molar-refractivity contribution in [2.75, 3.05) is 0 Å². The highest BCUT2D eigenvalue weighted by Crippen LogP contribution is 2.17. The fourth-order valence-corrected chi connectivity index (χ4v) is 1.04. The number of nitrogens with two attached hydrogens (primary N) is 1. The van der Waals surface area contributed by atoms with Crippen molar-refractivity contribution in [2.45, 2.75) is 25.4 Å². The van der Waals surface area contributed by atoms with Gasteiger partial charge in [0.05, 0.1) is 0 Å². The Bertz CT molecular complexity index is 166. The SMILES string of the molecule is NC(=O)O[C@H]1CCC(=O)C1. The van der Waals surface area contributed by atoms with E-state index in [1.165, 1.54) is 0 Å². The molecule has 1 fully saturated rings. The van der Waals surface area contributed by atoms with Crippen LogP contribution < -0.4 is 5.73 Å². The fraction of sp³-hybridized carbons (Fsp3) is 0.667. The number of carbonyl (C=O) groups excluding carboxylic acids is 2. The van der Waals surface area contributed by atoms with E-state index in [0.29, 0.717) is 19.3 Å². The number of hydrogen-bond donors (Lipinski definition) is 1. The van der Waals surface area contributed by atoms with E-state index in [4.69, 9.17) is 5.73 Å². The van der Waals surface area contributed by atoms with Gasteiger partial charge in [-0.25, -0.2) is 4.79 Å². The van der Waals surface area contributed by atoms with Gasteiger partial charge < -0.3 is 10.5 Å². The topological polar surface area (TPSA) is 69.4 Å². The summed E-state index contributed by atoms with van der Waals surface area (Å²) in [5.74, 6) is 0.145. The third-order valence-corrected chi connectivity index (χ3v) is 1.48. The minimum Gasteiger partial charge on any atom is -0.446 e. The average molecular weight is 143 g/mol. The van der Waals surface area contributed by atoms with Gasteiger partial charge in [0.2, 0.25) is 0 Å². The number of carbonyl (C=O) groups is 2. The molecule has 0 aliphatic heterocycles. The van der Waals surface area contributed by atoms with E-state index in [1.807, 2.05) is 0 Å². The largest absolute Gasteiger partial charge is 0.446 e. The summed E-state index contributed by atoms with van der Waals surface area (Å²) in [5, 5.41) is 0. The van der Waals surface area contributed by atoms with E-state index < -0.39 is 6.09 Å². The maximum Gasteiger partial charge on any atom is 0.404 e. The molecule has 10 heavy (non-hydrogen) atoms. The smallest absolute Gasteiger partial charge is 0.404 e. The van der Waals surface area contributed by atoms with Crippen LogP contribution in [0.3, 0.4) is 0 Å². The van der Waals surface area contributed by atoms with Crippen molar-refractivity contribution >= 4 is 11.9 Å². The van der Waals surface area contributed by atoms with E-state index in [1.54, 1.807) is 0 Å². The number of amides is 1. The van der Waals surface area contributed by atoms with Crippen molar-refractivity contribution in [3.63, 3.8) is 0 Å². The lowest BCUT2D eigenvalue weighted by Gasteiger charge is -2.05. The molecule has 2 N–H and O–H groups in total. The summed E-state index contributed by atoms with van der Waals surface area (Å²) < 4.78 is 4.60. The highest BCUT2D eigenvalue weighted by atomic mass is 16.6. The van der Waals surface area contributed by atoms with Crippen molar-refractivity contribution in [1.29, 1.82) is 0 Å². The summed E-state index contributed by atoms with van der Waals surface area (Å²) in [5.41, 5.74) is 4.75. The third-order valence-electron chi connectivity index (χ3n) is 1.48. The Kier molecular flexibility index (Phi) is 1.89. The summed E-state index contributed by atoms with van der Waals surface area (Å²) in [6.07, 6.45) is 0.424. The zero-order chi connectivity index (χ0) is 7.56. The van der Waals surface area contributed by atoms with Gasteiger partial charge in [-0.1, -0.05) is 0 Å². The highest BCUT2D eigenvalue weighted by Gasteiger charge is 2.24. The molecule has 56 valence electrons. The molecule has 1 rings (SSSR count). The number of primary amides is 1. The summed E-state index contributed by atoms with van der Waals surface area (Å²) in [6, 6.07) is 0. The monoisotopic (exact) mass is 143 g/mol. The van der Waals surface area contributed by atoms with E-state index >= 15 is 0 Å². The molecule has 0 spiro atoms. The Morgan fingerprint density at radius 3 is 2.80 bits per heavy atom. The van der Waals surface area contributed by atoms with Gasteiger partial charge in [0.25, 0.3) is 0 Å². The average Bonchev–Trinajstić information content (AvgIpc) is 2.13. The highest BCUT2D eigenvalue weighted by molar-refractivity contribution is 5.81. The van der Waals surface area contributed by atoms with Crippen LogP contribution in [-0.4, -0.2) is 18.0 Å². The van der Waals surface area contributed by atoms with Crippen LogP contribution in [-0.2, 0) is 9.53 Å². The van der Waals surface area contributed by atoms with Crippen molar-refractivity contribution in [1.82, 2.24) is 0 Å².